The van der Waals surface area contributed by atoms with Gasteiger partial charge in [0, 0.05) is 10.6 Å². The van der Waals surface area contributed by atoms with Gasteiger partial charge < -0.3 is 4.42 Å². The molecule has 16 heavy (non-hydrogen) atoms. The lowest BCUT2D eigenvalue weighted by molar-refractivity contribution is 0.507. The molecule has 0 aliphatic rings. The molecule has 1 atom stereocenters. The van der Waals surface area contributed by atoms with Gasteiger partial charge in [-0.25, -0.2) is 0 Å². The van der Waals surface area contributed by atoms with E-state index >= 15 is 0 Å². The average molecular weight is 257 g/mol. The van der Waals surface area contributed by atoms with Crippen LogP contribution in [0.25, 0.3) is 11.5 Å². The van der Waals surface area contributed by atoms with E-state index in [1.165, 1.54) is 0 Å². The van der Waals surface area contributed by atoms with Crippen LogP contribution in [0.3, 0.4) is 0 Å². The number of aryl methyl sites for hydroxylation is 1. The standard InChI is InChI=1S/C11H10Cl2N2O/c1-6-3-8(5-9(13)4-6)11-15-14-10(16-11)7(2)12/h3-5,7H,1-2H3. The second-order valence-electron chi connectivity index (χ2n) is 3.58. The minimum atomic E-state index is -0.290. The molecule has 1 heterocycles. The van der Waals surface area contributed by atoms with Gasteiger partial charge in [0.2, 0.25) is 11.8 Å². The minimum Gasteiger partial charge on any atom is -0.419 e. The number of hydrogen-bond acceptors (Lipinski definition) is 3. The molecule has 1 unspecified atom stereocenters. The van der Waals surface area contributed by atoms with Gasteiger partial charge in [-0.1, -0.05) is 11.6 Å². The Morgan fingerprint density at radius 3 is 2.56 bits per heavy atom. The lowest BCUT2D eigenvalue weighted by Crippen LogP contribution is -1.81. The van der Waals surface area contributed by atoms with Gasteiger partial charge in [0.15, 0.2) is 0 Å². The third-order valence-corrected chi connectivity index (χ3v) is 2.47. The van der Waals surface area contributed by atoms with Crippen molar-refractivity contribution in [2.24, 2.45) is 0 Å². The quantitative estimate of drug-likeness (QED) is 0.763. The van der Waals surface area contributed by atoms with Gasteiger partial charge in [0.1, 0.15) is 5.38 Å². The molecule has 0 saturated carbocycles. The molecule has 2 rings (SSSR count). The van der Waals surface area contributed by atoms with Crippen molar-refractivity contribution >= 4 is 23.2 Å². The zero-order valence-corrected chi connectivity index (χ0v) is 10.4. The molecule has 84 valence electrons. The Labute approximate surface area is 103 Å². The van der Waals surface area contributed by atoms with E-state index in [2.05, 4.69) is 10.2 Å². The molecule has 0 saturated heterocycles. The summed E-state index contributed by atoms with van der Waals surface area (Å²) in [6.07, 6.45) is 0. The highest BCUT2D eigenvalue weighted by Crippen LogP contribution is 2.26. The van der Waals surface area contributed by atoms with E-state index in [1.807, 2.05) is 19.1 Å². The highest BCUT2D eigenvalue weighted by Gasteiger charge is 2.13. The van der Waals surface area contributed by atoms with Crippen LogP contribution in [-0.2, 0) is 0 Å². The lowest BCUT2D eigenvalue weighted by atomic mass is 10.1. The Morgan fingerprint density at radius 1 is 1.25 bits per heavy atom. The van der Waals surface area contributed by atoms with E-state index < -0.39 is 0 Å². The molecule has 1 aromatic heterocycles. The van der Waals surface area contributed by atoms with Crippen molar-refractivity contribution in [3.63, 3.8) is 0 Å². The fraction of sp³-hybridized carbons (Fsp3) is 0.273. The van der Waals surface area contributed by atoms with Gasteiger partial charge in [-0.05, 0) is 37.6 Å². The van der Waals surface area contributed by atoms with Gasteiger partial charge in [-0.15, -0.1) is 21.8 Å². The molecule has 0 N–H and O–H groups in total. The minimum absolute atomic E-state index is 0.290. The van der Waals surface area contributed by atoms with E-state index in [0.717, 1.165) is 11.1 Å². The van der Waals surface area contributed by atoms with E-state index in [1.54, 1.807) is 13.0 Å². The maximum Gasteiger partial charge on any atom is 0.247 e. The van der Waals surface area contributed by atoms with Crippen LogP contribution in [0, 0.1) is 6.92 Å². The predicted octanol–water partition coefficient (Wildman–Crippen LogP) is 4.00. The second kappa shape index (κ2) is 4.44. The van der Waals surface area contributed by atoms with Crippen molar-refractivity contribution in [2.75, 3.05) is 0 Å². The van der Waals surface area contributed by atoms with Crippen LogP contribution in [-0.4, -0.2) is 10.2 Å². The van der Waals surface area contributed by atoms with Gasteiger partial charge in [-0.3, -0.25) is 0 Å². The molecule has 0 amide bonds. The molecule has 0 aliphatic carbocycles. The normalized spacial score (nSPS) is 12.8. The molecule has 0 radical (unpaired) electrons. The monoisotopic (exact) mass is 256 g/mol. The van der Waals surface area contributed by atoms with E-state index in [9.17, 15) is 0 Å². The summed E-state index contributed by atoms with van der Waals surface area (Å²) in [4.78, 5) is 0. The Bertz CT molecular complexity index is 488. The number of benzene rings is 1. The molecular weight excluding hydrogens is 247 g/mol. The first-order valence-corrected chi connectivity index (χ1v) is 5.63. The topological polar surface area (TPSA) is 38.9 Å². The van der Waals surface area contributed by atoms with Crippen molar-refractivity contribution in [2.45, 2.75) is 19.2 Å². The summed E-state index contributed by atoms with van der Waals surface area (Å²) in [7, 11) is 0. The van der Waals surface area contributed by atoms with Crippen molar-refractivity contribution < 1.29 is 4.42 Å². The molecule has 5 heteroatoms. The first-order chi connectivity index (χ1) is 7.56. The van der Waals surface area contributed by atoms with Crippen LogP contribution < -0.4 is 0 Å². The predicted molar refractivity (Wildman–Crippen MR) is 63.7 cm³/mol. The number of aromatic nitrogens is 2. The van der Waals surface area contributed by atoms with Crippen LogP contribution in [0.2, 0.25) is 5.02 Å². The Hall–Kier alpha value is -1.06. The highest BCUT2D eigenvalue weighted by atomic mass is 35.5. The van der Waals surface area contributed by atoms with Crippen LogP contribution in [0.5, 0.6) is 0 Å². The smallest absolute Gasteiger partial charge is 0.247 e. The summed E-state index contributed by atoms with van der Waals surface area (Å²) in [5.41, 5.74) is 1.85. The van der Waals surface area contributed by atoms with Crippen LogP contribution in [0.1, 0.15) is 23.8 Å². The number of rotatable bonds is 2. The zero-order chi connectivity index (χ0) is 11.7. The fourth-order valence-electron chi connectivity index (χ4n) is 1.37. The Balaban J connectivity index is 2.42. The Morgan fingerprint density at radius 2 is 2.00 bits per heavy atom. The van der Waals surface area contributed by atoms with Crippen LogP contribution in [0.15, 0.2) is 22.6 Å². The maximum atomic E-state index is 5.95. The molecule has 0 aliphatic heterocycles. The molecule has 3 nitrogen and oxygen atoms in total. The summed E-state index contributed by atoms with van der Waals surface area (Å²) in [5.74, 6) is 0.849. The largest absolute Gasteiger partial charge is 0.419 e. The summed E-state index contributed by atoms with van der Waals surface area (Å²) in [6.45, 7) is 3.74. The van der Waals surface area contributed by atoms with Crippen molar-refractivity contribution in [3.05, 3.63) is 34.7 Å². The molecule has 2 aromatic rings. The van der Waals surface area contributed by atoms with Gasteiger partial charge in [0.05, 0.1) is 0 Å². The highest BCUT2D eigenvalue weighted by molar-refractivity contribution is 6.30. The van der Waals surface area contributed by atoms with Crippen LogP contribution >= 0.6 is 23.2 Å². The summed E-state index contributed by atoms with van der Waals surface area (Å²) in [6, 6.07) is 5.58. The van der Waals surface area contributed by atoms with E-state index in [-0.39, 0.29) is 5.38 Å². The fourth-order valence-corrected chi connectivity index (χ4v) is 1.75. The summed E-state index contributed by atoms with van der Waals surface area (Å²) >= 11 is 11.8. The SMILES string of the molecule is Cc1cc(Cl)cc(-c2nnc(C(C)Cl)o2)c1. The van der Waals surface area contributed by atoms with Crippen LogP contribution in [0.4, 0.5) is 0 Å². The maximum absolute atomic E-state index is 5.95. The molecule has 0 fully saturated rings. The molecule has 0 spiro atoms. The van der Waals surface area contributed by atoms with Gasteiger partial charge in [-0.2, -0.15) is 0 Å². The van der Waals surface area contributed by atoms with Gasteiger partial charge in [0.25, 0.3) is 0 Å². The molecule has 0 bridgehead atoms. The van der Waals surface area contributed by atoms with Crippen molar-refractivity contribution in [3.8, 4) is 11.5 Å². The third-order valence-electron chi connectivity index (χ3n) is 2.07. The van der Waals surface area contributed by atoms with Crippen molar-refractivity contribution in [1.29, 1.82) is 0 Å². The van der Waals surface area contributed by atoms with Gasteiger partial charge >= 0.3 is 0 Å². The summed E-state index contributed by atoms with van der Waals surface area (Å²) < 4.78 is 5.43. The van der Waals surface area contributed by atoms with Crippen molar-refractivity contribution in [1.82, 2.24) is 10.2 Å². The zero-order valence-electron chi connectivity index (χ0n) is 8.87. The number of halogens is 2. The Kier molecular flexibility index (Phi) is 3.17. The average Bonchev–Trinajstić information content (AvgIpc) is 2.64. The number of nitrogens with zero attached hydrogens (tertiary/aromatic N) is 2. The number of hydrogen-bond donors (Lipinski definition) is 0. The summed E-state index contributed by atoms with van der Waals surface area (Å²) in [5, 5.41) is 8.15. The molecule has 1 aromatic carbocycles. The number of alkyl halides is 1. The first-order valence-electron chi connectivity index (χ1n) is 4.81. The third kappa shape index (κ3) is 2.36. The first kappa shape index (κ1) is 11.4. The second-order valence-corrected chi connectivity index (χ2v) is 4.67. The van der Waals surface area contributed by atoms with E-state index in [0.29, 0.717) is 16.8 Å². The molecular formula is C11H10Cl2N2O. The lowest BCUT2D eigenvalue weighted by Gasteiger charge is -1.99. The van der Waals surface area contributed by atoms with E-state index in [4.69, 9.17) is 27.6 Å².